The van der Waals surface area contributed by atoms with Crippen LogP contribution in [0.2, 0.25) is 0 Å². The van der Waals surface area contributed by atoms with Crippen molar-refractivity contribution in [2.45, 2.75) is 37.2 Å². The number of ether oxygens (including phenoxy) is 1. The van der Waals surface area contributed by atoms with Gasteiger partial charge in [0.25, 0.3) is 5.91 Å². The number of hydrogen-bond donors (Lipinski definition) is 0. The van der Waals surface area contributed by atoms with Crippen molar-refractivity contribution >= 4 is 15.9 Å². The summed E-state index contributed by atoms with van der Waals surface area (Å²) in [6.07, 6.45) is 2.26. The quantitative estimate of drug-likeness (QED) is 0.729. The Bertz CT molecular complexity index is 1030. The monoisotopic (exact) mass is 432 g/mol. The van der Waals surface area contributed by atoms with Crippen LogP contribution >= 0.6 is 0 Å². The van der Waals surface area contributed by atoms with E-state index < -0.39 is 16.1 Å². The van der Waals surface area contributed by atoms with Gasteiger partial charge in [-0.15, -0.1) is 0 Å². The number of halogens is 1. The predicted molar refractivity (Wildman–Crippen MR) is 110 cm³/mol. The van der Waals surface area contributed by atoms with E-state index in [0.29, 0.717) is 23.7 Å². The molecular formula is C22H25FN2O4S. The van der Waals surface area contributed by atoms with Gasteiger partial charge in [-0.05, 0) is 73.7 Å². The van der Waals surface area contributed by atoms with E-state index in [0.717, 1.165) is 24.8 Å². The maximum absolute atomic E-state index is 13.0. The van der Waals surface area contributed by atoms with Crippen LogP contribution in [0, 0.1) is 5.82 Å². The minimum Gasteiger partial charge on any atom is -0.481 e. The van der Waals surface area contributed by atoms with Crippen molar-refractivity contribution in [1.82, 2.24) is 9.21 Å². The third-order valence-corrected chi connectivity index (χ3v) is 7.63. The predicted octanol–water partition coefficient (Wildman–Crippen LogP) is 2.61. The molecule has 0 radical (unpaired) electrons. The van der Waals surface area contributed by atoms with Gasteiger partial charge in [0.1, 0.15) is 11.6 Å². The fourth-order valence-electron chi connectivity index (χ4n) is 4.03. The number of fused-ring (bicyclic) bond motifs is 1. The number of nitrogens with zero attached hydrogens (tertiary/aromatic N) is 2. The molecule has 1 saturated heterocycles. The zero-order chi connectivity index (χ0) is 21.3. The van der Waals surface area contributed by atoms with Gasteiger partial charge in [0.05, 0.1) is 4.90 Å². The van der Waals surface area contributed by atoms with Crippen molar-refractivity contribution in [3.63, 3.8) is 0 Å². The third kappa shape index (κ3) is 4.20. The van der Waals surface area contributed by atoms with E-state index >= 15 is 0 Å². The SMILES string of the molecule is CC(Oc1ccc(F)cc1)C(=O)N1CCN(S(=O)(=O)c2ccc3c(c2)CCC3)CC1. The second-order valence-electron chi connectivity index (χ2n) is 7.73. The molecule has 1 fully saturated rings. The maximum atomic E-state index is 13.0. The molecule has 1 amide bonds. The summed E-state index contributed by atoms with van der Waals surface area (Å²) < 4.78 is 46.1. The van der Waals surface area contributed by atoms with Gasteiger partial charge in [-0.2, -0.15) is 4.31 Å². The molecule has 0 aromatic heterocycles. The summed E-state index contributed by atoms with van der Waals surface area (Å²) in [4.78, 5) is 14.6. The van der Waals surface area contributed by atoms with Crippen molar-refractivity contribution in [2.75, 3.05) is 26.2 Å². The molecular weight excluding hydrogens is 407 g/mol. The van der Waals surface area contributed by atoms with Gasteiger partial charge in [0.2, 0.25) is 10.0 Å². The van der Waals surface area contributed by atoms with Gasteiger partial charge >= 0.3 is 0 Å². The van der Waals surface area contributed by atoms with Crippen LogP contribution in [0.1, 0.15) is 24.5 Å². The second kappa shape index (κ2) is 8.35. The number of piperazine rings is 1. The van der Waals surface area contributed by atoms with Crippen molar-refractivity contribution < 1.29 is 22.3 Å². The topological polar surface area (TPSA) is 66.9 Å². The van der Waals surface area contributed by atoms with Crippen LogP contribution < -0.4 is 4.74 Å². The number of carbonyl (C=O) groups excluding carboxylic acids is 1. The average molecular weight is 433 g/mol. The largest absolute Gasteiger partial charge is 0.481 e. The zero-order valence-corrected chi connectivity index (χ0v) is 17.7. The summed E-state index contributed by atoms with van der Waals surface area (Å²) in [6, 6.07) is 10.9. The number of hydrogen-bond acceptors (Lipinski definition) is 4. The van der Waals surface area contributed by atoms with Gasteiger partial charge in [-0.3, -0.25) is 4.79 Å². The fraction of sp³-hybridized carbons (Fsp3) is 0.409. The number of benzene rings is 2. The molecule has 8 heteroatoms. The summed E-state index contributed by atoms with van der Waals surface area (Å²) in [6.45, 7) is 2.74. The highest BCUT2D eigenvalue weighted by atomic mass is 32.2. The van der Waals surface area contributed by atoms with Gasteiger partial charge in [0, 0.05) is 26.2 Å². The molecule has 2 aromatic carbocycles. The first-order valence-corrected chi connectivity index (χ1v) is 11.6. The average Bonchev–Trinajstić information content (AvgIpc) is 3.23. The molecule has 1 unspecified atom stereocenters. The molecule has 1 atom stereocenters. The molecule has 160 valence electrons. The van der Waals surface area contributed by atoms with Crippen LogP contribution in [-0.2, 0) is 27.7 Å². The number of carbonyl (C=O) groups is 1. The maximum Gasteiger partial charge on any atom is 0.263 e. The molecule has 30 heavy (non-hydrogen) atoms. The molecule has 1 aliphatic carbocycles. The molecule has 4 rings (SSSR count). The molecule has 6 nitrogen and oxygen atoms in total. The highest BCUT2D eigenvalue weighted by Crippen LogP contribution is 2.27. The third-order valence-electron chi connectivity index (χ3n) is 5.73. The molecule has 2 aliphatic rings. The molecule has 1 heterocycles. The highest BCUT2D eigenvalue weighted by Gasteiger charge is 2.32. The van der Waals surface area contributed by atoms with E-state index in [4.69, 9.17) is 4.74 Å². The van der Waals surface area contributed by atoms with E-state index in [-0.39, 0.29) is 24.8 Å². The first kappa shape index (κ1) is 20.8. The van der Waals surface area contributed by atoms with Crippen LogP contribution in [-0.4, -0.2) is 55.8 Å². The summed E-state index contributed by atoms with van der Waals surface area (Å²) in [7, 11) is -3.58. The minimum absolute atomic E-state index is 0.214. The molecule has 2 aromatic rings. The second-order valence-corrected chi connectivity index (χ2v) is 9.67. The summed E-state index contributed by atoms with van der Waals surface area (Å²) in [5, 5.41) is 0. The smallest absolute Gasteiger partial charge is 0.263 e. The van der Waals surface area contributed by atoms with Crippen LogP contribution in [0.5, 0.6) is 5.75 Å². The number of rotatable bonds is 5. The van der Waals surface area contributed by atoms with Crippen molar-refractivity contribution in [3.8, 4) is 5.75 Å². The van der Waals surface area contributed by atoms with Crippen molar-refractivity contribution in [2.24, 2.45) is 0 Å². The zero-order valence-electron chi connectivity index (χ0n) is 16.9. The number of sulfonamides is 1. The Morgan fingerprint density at radius 1 is 1.00 bits per heavy atom. The summed E-state index contributed by atoms with van der Waals surface area (Å²) in [5.41, 5.74) is 2.36. The first-order chi connectivity index (χ1) is 14.3. The van der Waals surface area contributed by atoms with Crippen LogP contribution in [0.25, 0.3) is 0 Å². The molecule has 0 spiro atoms. The molecule has 1 aliphatic heterocycles. The Hall–Kier alpha value is -2.45. The van der Waals surface area contributed by atoms with Gasteiger partial charge in [0.15, 0.2) is 6.10 Å². The van der Waals surface area contributed by atoms with E-state index in [1.807, 2.05) is 6.07 Å². The fourth-order valence-corrected chi connectivity index (χ4v) is 5.50. The van der Waals surface area contributed by atoms with Gasteiger partial charge in [-0.25, -0.2) is 12.8 Å². The van der Waals surface area contributed by atoms with E-state index in [2.05, 4.69) is 0 Å². The summed E-state index contributed by atoms with van der Waals surface area (Å²) in [5.74, 6) is -0.175. The van der Waals surface area contributed by atoms with Crippen molar-refractivity contribution in [1.29, 1.82) is 0 Å². The minimum atomic E-state index is -3.58. The molecule has 0 bridgehead atoms. The first-order valence-electron chi connectivity index (χ1n) is 10.2. The molecule has 0 N–H and O–H groups in total. The van der Waals surface area contributed by atoms with Gasteiger partial charge in [-0.1, -0.05) is 6.07 Å². The van der Waals surface area contributed by atoms with Crippen LogP contribution in [0.4, 0.5) is 4.39 Å². The lowest BCUT2D eigenvalue weighted by atomic mass is 10.1. The number of aryl methyl sites for hydroxylation is 2. The Kier molecular flexibility index (Phi) is 5.79. The standard InChI is InChI=1S/C22H25FN2O4S/c1-16(29-20-8-6-19(23)7-9-20)22(26)24-11-13-25(14-12-24)30(27,28)21-10-5-17-3-2-4-18(17)15-21/h5-10,15-16H,2-4,11-14H2,1H3. The summed E-state index contributed by atoms with van der Waals surface area (Å²) >= 11 is 0. The number of amides is 1. The van der Waals surface area contributed by atoms with Gasteiger partial charge < -0.3 is 9.64 Å². The van der Waals surface area contributed by atoms with E-state index in [1.54, 1.807) is 24.0 Å². The molecule has 0 saturated carbocycles. The van der Waals surface area contributed by atoms with Crippen LogP contribution in [0.3, 0.4) is 0 Å². The Labute approximate surface area is 176 Å². The van der Waals surface area contributed by atoms with E-state index in [9.17, 15) is 17.6 Å². The Balaban J connectivity index is 1.37. The lowest BCUT2D eigenvalue weighted by molar-refractivity contribution is -0.139. The lowest BCUT2D eigenvalue weighted by Gasteiger charge is -2.35. The Morgan fingerprint density at radius 3 is 2.37 bits per heavy atom. The van der Waals surface area contributed by atoms with Crippen LogP contribution in [0.15, 0.2) is 47.4 Å². The Morgan fingerprint density at radius 2 is 1.67 bits per heavy atom. The van der Waals surface area contributed by atoms with E-state index in [1.165, 1.54) is 34.1 Å². The highest BCUT2D eigenvalue weighted by molar-refractivity contribution is 7.89. The normalized spacial score (nSPS) is 18.1. The lowest BCUT2D eigenvalue weighted by Crippen LogP contribution is -2.53. The van der Waals surface area contributed by atoms with Crippen molar-refractivity contribution in [3.05, 3.63) is 59.4 Å².